The van der Waals surface area contributed by atoms with Gasteiger partial charge in [0, 0.05) is 6.07 Å². The van der Waals surface area contributed by atoms with Gasteiger partial charge in [-0.2, -0.15) is 0 Å². The van der Waals surface area contributed by atoms with E-state index in [1.54, 1.807) is 12.1 Å². The van der Waals surface area contributed by atoms with E-state index in [1.165, 1.54) is 6.07 Å². The molecule has 0 spiro atoms. The van der Waals surface area contributed by atoms with Crippen LogP contribution in [0.2, 0.25) is 0 Å². The van der Waals surface area contributed by atoms with Crippen molar-refractivity contribution in [2.45, 2.75) is 42.6 Å². The molecule has 1 fully saturated rings. The Morgan fingerprint density at radius 3 is 2.14 bits per heavy atom. The summed E-state index contributed by atoms with van der Waals surface area (Å²) in [6, 6.07) is 5.00. The van der Waals surface area contributed by atoms with E-state index in [1.807, 2.05) is 27.7 Å². The fourth-order valence-electron chi connectivity index (χ4n) is 2.03. The molecule has 0 amide bonds. The molecule has 0 aliphatic carbocycles. The molecule has 0 atom stereocenters. The topological polar surface area (TPSA) is 61.6 Å². The second-order valence-electron chi connectivity index (χ2n) is 5.96. The molecule has 0 radical (unpaired) electrons. The number of rotatable bonds is 3. The Labute approximate surface area is 140 Å². The van der Waals surface area contributed by atoms with Crippen LogP contribution in [0.1, 0.15) is 37.0 Å². The fourth-order valence-corrected chi connectivity index (χ4v) is 2.80. The van der Waals surface area contributed by atoms with Crippen molar-refractivity contribution in [3.63, 3.8) is 0 Å². The largest absolute Gasteiger partial charge is 0.495 e. The van der Waals surface area contributed by atoms with Gasteiger partial charge in [-0.05, 0) is 33.2 Å². The minimum absolute atomic E-state index is 0.0287. The Balaban J connectivity index is 2.39. The Bertz CT molecular complexity index is 561. The van der Waals surface area contributed by atoms with E-state index in [0.717, 1.165) is 0 Å². The first kappa shape index (κ1) is 16.9. The van der Waals surface area contributed by atoms with Crippen molar-refractivity contribution in [2.24, 2.45) is 0 Å². The minimum Gasteiger partial charge on any atom is -0.399 e. The van der Waals surface area contributed by atoms with Crippen LogP contribution in [0.4, 0.5) is 5.69 Å². The van der Waals surface area contributed by atoms with Crippen molar-refractivity contribution in [3.05, 3.63) is 33.9 Å². The predicted molar refractivity (Wildman–Crippen MR) is 89.4 cm³/mol. The van der Waals surface area contributed by atoms with Crippen molar-refractivity contribution in [3.8, 4) is 0 Å². The average Bonchev–Trinajstić information content (AvgIpc) is 2.57. The van der Waals surface area contributed by atoms with Crippen molar-refractivity contribution >= 4 is 50.1 Å². The first-order valence-electron chi connectivity index (χ1n) is 6.47. The molecule has 1 aromatic carbocycles. The van der Waals surface area contributed by atoms with Crippen molar-refractivity contribution in [1.29, 1.82) is 0 Å². The molecule has 1 saturated heterocycles. The molecule has 21 heavy (non-hydrogen) atoms. The number of nitrogens with zero attached hydrogens (tertiary/aromatic N) is 1. The van der Waals surface area contributed by atoms with Gasteiger partial charge in [0.2, 0.25) is 0 Å². The summed E-state index contributed by atoms with van der Waals surface area (Å²) in [5, 5.41) is 11.2. The second-order valence-corrected chi connectivity index (χ2v) is 9.02. The Kier molecular flexibility index (Phi) is 4.55. The number of alkyl halides is 2. The molecule has 1 aromatic rings. The molecule has 1 heterocycles. The Morgan fingerprint density at radius 1 is 1.19 bits per heavy atom. The maximum absolute atomic E-state index is 11.2. The van der Waals surface area contributed by atoms with Crippen molar-refractivity contribution in [1.82, 2.24) is 0 Å². The van der Waals surface area contributed by atoms with E-state index < -0.39 is 23.2 Å². The van der Waals surface area contributed by atoms with E-state index in [4.69, 9.17) is 9.31 Å². The number of nitro groups is 1. The van der Waals surface area contributed by atoms with Gasteiger partial charge < -0.3 is 9.31 Å². The van der Waals surface area contributed by atoms with Gasteiger partial charge in [0.05, 0.1) is 21.7 Å². The zero-order chi connectivity index (χ0) is 16.0. The lowest BCUT2D eigenvalue weighted by Gasteiger charge is -2.32. The van der Waals surface area contributed by atoms with Crippen LogP contribution in [-0.4, -0.2) is 23.2 Å². The first-order valence-corrected chi connectivity index (χ1v) is 8.30. The lowest BCUT2D eigenvalue weighted by atomic mass is 9.78. The molecule has 0 unspecified atom stereocenters. The van der Waals surface area contributed by atoms with E-state index in [9.17, 15) is 10.1 Å². The number of hydrogen-bond donors (Lipinski definition) is 0. The van der Waals surface area contributed by atoms with Gasteiger partial charge in [0.25, 0.3) is 5.69 Å². The maximum Gasteiger partial charge on any atom is 0.495 e. The van der Waals surface area contributed by atoms with Gasteiger partial charge >= 0.3 is 7.12 Å². The summed E-state index contributed by atoms with van der Waals surface area (Å²) in [5.74, 6) is 0. The van der Waals surface area contributed by atoms with Crippen LogP contribution in [0.15, 0.2) is 18.2 Å². The smallest absolute Gasteiger partial charge is 0.399 e. The van der Waals surface area contributed by atoms with Gasteiger partial charge in [-0.1, -0.05) is 44.0 Å². The molecule has 0 saturated carbocycles. The molecule has 1 aliphatic rings. The predicted octanol–water partition coefficient (Wildman–Crippen LogP) is 3.68. The molecular weight excluding hydrogens is 405 g/mol. The summed E-state index contributed by atoms with van der Waals surface area (Å²) < 4.78 is 11.6. The van der Waals surface area contributed by atoms with Crippen LogP contribution in [-0.2, 0) is 9.31 Å². The van der Waals surface area contributed by atoms with Crippen LogP contribution >= 0.6 is 31.9 Å². The molecule has 0 bridgehead atoms. The zero-order valence-electron chi connectivity index (χ0n) is 12.2. The summed E-state index contributed by atoms with van der Waals surface area (Å²) in [6.45, 7) is 7.79. The molecule has 8 heteroatoms. The van der Waals surface area contributed by atoms with Crippen LogP contribution in [0.5, 0.6) is 0 Å². The standard InChI is InChI=1S/C13H16BBr2NO4/c1-12(2)13(3,4)21-14(20-12)8-5-6-9(11(15)16)10(7-8)17(18)19/h5-7,11H,1-4H3. The molecule has 1 aliphatic heterocycles. The highest BCUT2D eigenvalue weighted by Gasteiger charge is 2.52. The second kappa shape index (κ2) is 5.64. The number of hydrogen-bond acceptors (Lipinski definition) is 4. The van der Waals surface area contributed by atoms with Crippen LogP contribution in [0.25, 0.3) is 0 Å². The third kappa shape index (κ3) is 3.18. The SMILES string of the molecule is CC1(C)OB(c2ccc(C(Br)Br)c([N+](=O)[O-])c2)OC1(C)C. The van der Waals surface area contributed by atoms with Crippen LogP contribution in [0.3, 0.4) is 0 Å². The lowest BCUT2D eigenvalue weighted by Crippen LogP contribution is -2.41. The quantitative estimate of drug-likeness (QED) is 0.324. The summed E-state index contributed by atoms with van der Waals surface area (Å²) in [7, 11) is -0.605. The highest BCUT2D eigenvalue weighted by atomic mass is 79.9. The highest BCUT2D eigenvalue weighted by Crippen LogP contribution is 2.38. The van der Waals surface area contributed by atoms with E-state index in [-0.39, 0.29) is 9.42 Å². The number of halogens is 2. The first-order chi connectivity index (χ1) is 9.55. The maximum atomic E-state index is 11.2. The number of nitro benzene ring substituents is 1. The molecule has 0 aromatic heterocycles. The monoisotopic (exact) mass is 419 g/mol. The van der Waals surface area contributed by atoms with Gasteiger partial charge in [-0.25, -0.2) is 0 Å². The minimum atomic E-state index is -0.605. The van der Waals surface area contributed by atoms with Gasteiger partial charge in [0.15, 0.2) is 0 Å². The van der Waals surface area contributed by atoms with Gasteiger partial charge in [-0.15, -0.1) is 0 Å². The summed E-state index contributed by atoms with van der Waals surface area (Å²) in [6.07, 6.45) is 0. The average molecular weight is 421 g/mol. The molecule has 114 valence electrons. The van der Waals surface area contributed by atoms with Crippen molar-refractivity contribution < 1.29 is 14.2 Å². The third-order valence-corrected chi connectivity index (χ3v) is 5.00. The van der Waals surface area contributed by atoms with Crippen LogP contribution < -0.4 is 5.46 Å². The molecule has 2 rings (SSSR count). The van der Waals surface area contributed by atoms with Crippen molar-refractivity contribution in [2.75, 3.05) is 0 Å². The van der Waals surface area contributed by atoms with Gasteiger partial charge in [0.1, 0.15) is 3.74 Å². The Morgan fingerprint density at radius 2 is 1.71 bits per heavy atom. The lowest BCUT2D eigenvalue weighted by molar-refractivity contribution is -0.385. The third-order valence-electron chi connectivity index (χ3n) is 4.01. The van der Waals surface area contributed by atoms with E-state index in [2.05, 4.69) is 31.9 Å². The molecule has 0 N–H and O–H groups in total. The normalized spacial score (nSPS) is 20.0. The van der Waals surface area contributed by atoms with E-state index in [0.29, 0.717) is 11.0 Å². The highest BCUT2D eigenvalue weighted by molar-refractivity contribution is 9.24. The van der Waals surface area contributed by atoms with E-state index >= 15 is 0 Å². The summed E-state index contributed by atoms with van der Waals surface area (Å²) >= 11 is 6.59. The molecule has 5 nitrogen and oxygen atoms in total. The Hall–Kier alpha value is -0.435. The fraction of sp³-hybridized carbons (Fsp3) is 0.538. The molecular formula is C13H16BBr2NO4. The summed E-state index contributed by atoms with van der Waals surface area (Å²) in [5.41, 5.74) is 0.280. The summed E-state index contributed by atoms with van der Waals surface area (Å²) in [4.78, 5) is 10.8. The van der Waals surface area contributed by atoms with Gasteiger partial charge in [-0.3, -0.25) is 10.1 Å². The number of benzene rings is 1. The van der Waals surface area contributed by atoms with Crippen LogP contribution in [0, 0.1) is 10.1 Å². The zero-order valence-corrected chi connectivity index (χ0v) is 15.4.